The molecule has 0 amide bonds. The standard InChI is InChI=1S/C26H27NO.C19H26O3.C16H22O3.C13H18O3.C10H18O5.C4H8O.CO2/c1-4-10-21(11-5-1)18-28-24-16-26(17-24)19-27(20-26)25(22-12-6-2-7-13-22)23-14-8-3-9-15-23;1-18(2,3)22-17(20)15-9-19(10-15)11-16(12-19)21-13-14-7-5-4-6-8-14;1-3-16(15(17)18-4-2)10-14(11-16)19-12-13-8-6-5-7-9-13;14-9-13(10-15)6-12(7-13)16-8-11-4-2-1-3-5-11;1-9(2,3)14-7(11)13-8(12)15-10(4,5)6;1-2-4-5-3-1;2-1-3/h1-15,24-25H,16-20H2;4-8,15-16H,9-13H2,1-3H3;5-9,14H,3-4,10-12H2,1-2H3;1-5,12,14-15H,6-10H2;1-6H3;1-4H2;. The van der Waals surface area contributed by atoms with Crippen LogP contribution >= 0.6 is 0 Å². The van der Waals surface area contributed by atoms with Crippen molar-refractivity contribution in [3.05, 3.63) is 215 Å². The van der Waals surface area contributed by atoms with Crippen LogP contribution in [-0.4, -0.2) is 133 Å². The number of benzene rings is 6. The smallest absolute Gasteiger partial charge is 0.466 e. The van der Waals surface area contributed by atoms with Crippen molar-refractivity contribution in [3.63, 3.8) is 0 Å². The Balaban J connectivity index is 0.000000186. The third kappa shape index (κ3) is 29.1. The molecule has 6 aromatic carbocycles. The topological polar surface area (TPSA) is 238 Å². The predicted octanol–water partition coefficient (Wildman–Crippen LogP) is 17.3. The summed E-state index contributed by atoms with van der Waals surface area (Å²) in [4.78, 5) is 64.8. The first-order chi connectivity index (χ1) is 51.6. The summed E-state index contributed by atoms with van der Waals surface area (Å²) in [5.41, 5.74) is 6.10. The van der Waals surface area contributed by atoms with Gasteiger partial charge in [-0.2, -0.15) is 9.59 Å². The monoisotopic (exact) mass is 1490 g/mol. The van der Waals surface area contributed by atoms with Gasteiger partial charge in [0.1, 0.15) is 16.8 Å². The Bertz CT molecular complexity index is 3510. The number of aliphatic hydroxyl groups excluding tert-OH is 2. The van der Waals surface area contributed by atoms with Crippen LogP contribution < -0.4 is 0 Å². The van der Waals surface area contributed by atoms with Crippen molar-refractivity contribution >= 4 is 30.4 Å². The SMILES string of the molecule is C1CCOC1.CC(C)(C)OC(=O)C1CC2(CC(OCc3ccccc3)C2)C1.CC(C)(C)OC(=O)OC(=O)OC(C)(C)C.CCOC(=O)C1(CC)CC(OCc2ccccc2)C1.O=C=O.OCC1(CO)CC(OCc2ccccc2)C1.c1ccc(COC2CC3(C2)CN(C(c2ccccc2)c2ccccc2)C3)cc1. The molecule has 0 aromatic heterocycles. The highest BCUT2D eigenvalue weighted by Gasteiger charge is 2.57. The molecule has 0 bridgehead atoms. The zero-order chi connectivity index (χ0) is 78.3. The Hall–Kier alpha value is -7.94. The van der Waals surface area contributed by atoms with Crippen LogP contribution in [0.2, 0.25) is 0 Å². The van der Waals surface area contributed by atoms with Gasteiger partial charge in [-0.3, -0.25) is 14.5 Å². The summed E-state index contributed by atoms with van der Waals surface area (Å²) >= 11 is 0. The quantitative estimate of drug-likeness (QED) is 0.0387. The lowest BCUT2D eigenvalue weighted by Gasteiger charge is -2.60. The van der Waals surface area contributed by atoms with Gasteiger partial charge in [-0.1, -0.05) is 189 Å². The number of likely N-dealkylation sites (tertiary alicyclic amines) is 1. The van der Waals surface area contributed by atoms with Gasteiger partial charge >= 0.3 is 30.4 Å². The van der Waals surface area contributed by atoms with E-state index >= 15 is 0 Å². The Morgan fingerprint density at radius 1 is 0.463 bits per heavy atom. The van der Waals surface area contributed by atoms with E-state index in [-0.39, 0.29) is 65.9 Å². The van der Waals surface area contributed by atoms with Crippen molar-refractivity contribution in [1.29, 1.82) is 0 Å². The minimum absolute atomic E-state index is 0.0215. The first-order valence-electron chi connectivity index (χ1n) is 38.3. The molecule has 6 aromatic rings. The average Bonchev–Trinajstić information content (AvgIpc) is 0.741. The number of hydrogen-bond donors (Lipinski definition) is 2. The normalized spacial score (nSPS) is 21.8. The average molecular weight is 1490 g/mol. The lowest BCUT2D eigenvalue weighted by Crippen LogP contribution is -2.64. The van der Waals surface area contributed by atoms with Crippen LogP contribution in [0.1, 0.15) is 199 Å². The van der Waals surface area contributed by atoms with E-state index in [1.54, 1.807) is 41.5 Å². The number of rotatable bonds is 21. The molecular weight excluding hydrogens is 1370 g/mol. The van der Waals surface area contributed by atoms with E-state index in [1.807, 2.05) is 101 Å². The van der Waals surface area contributed by atoms with Gasteiger partial charge in [0.25, 0.3) is 0 Å². The zero-order valence-corrected chi connectivity index (χ0v) is 65.6. The highest BCUT2D eigenvalue weighted by atomic mass is 16.8. The largest absolute Gasteiger partial charge is 0.519 e. The lowest BCUT2D eigenvalue weighted by molar-refractivity contribution is -0.192. The van der Waals surface area contributed by atoms with Crippen LogP contribution in [0.25, 0.3) is 0 Å². The van der Waals surface area contributed by atoms with Crippen molar-refractivity contribution in [3.8, 4) is 0 Å². The van der Waals surface area contributed by atoms with Gasteiger partial charge in [-0.15, -0.1) is 0 Å². The number of hydrogen-bond acceptors (Lipinski definition) is 19. The van der Waals surface area contributed by atoms with Crippen molar-refractivity contribution in [2.24, 2.45) is 27.6 Å². The fraction of sp³-hybridized carbons (Fsp3) is 0.539. The molecule has 2 aliphatic heterocycles. The highest BCUT2D eigenvalue weighted by molar-refractivity contribution is 5.78. The first-order valence-corrected chi connectivity index (χ1v) is 38.3. The number of aliphatic hydroxyl groups is 2. The molecule has 2 saturated heterocycles. The molecule has 0 atom stereocenters. The van der Waals surface area contributed by atoms with Crippen LogP contribution in [0, 0.1) is 27.6 Å². The van der Waals surface area contributed by atoms with Gasteiger partial charge < -0.3 is 57.6 Å². The van der Waals surface area contributed by atoms with E-state index in [9.17, 15) is 19.2 Å². The minimum Gasteiger partial charge on any atom is -0.466 e. The molecule has 2 N–H and O–H groups in total. The molecule has 19 nitrogen and oxygen atoms in total. The summed E-state index contributed by atoms with van der Waals surface area (Å²) in [5, 5.41) is 18.2. The van der Waals surface area contributed by atoms with E-state index < -0.39 is 23.5 Å². The molecule has 7 fully saturated rings. The second kappa shape index (κ2) is 42.3. The zero-order valence-electron chi connectivity index (χ0n) is 65.6. The van der Waals surface area contributed by atoms with Gasteiger partial charge in [0.15, 0.2) is 0 Å². The molecule has 588 valence electrons. The maximum Gasteiger partial charge on any atom is 0.519 e. The van der Waals surface area contributed by atoms with E-state index in [2.05, 4.69) is 125 Å². The third-order valence-corrected chi connectivity index (χ3v) is 20.1. The maximum absolute atomic E-state index is 12.0. The number of nitrogens with zero attached hydrogens (tertiary/aromatic N) is 1. The molecule has 108 heavy (non-hydrogen) atoms. The number of carbonyl (C=O) groups is 4. The Kier molecular flexibility index (Phi) is 34.2. The fourth-order valence-corrected chi connectivity index (χ4v) is 14.5. The summed E-state index contributed by atoms with van der Waals surface area (Å²) in [5.74, 6) is 0.0261. The Labute approximate surface area is 641 Å². The summed E-state index contributed by atoms with van der Waals surface area (Å²) in [7, 11) is 0. The Morgan fingerprint density at radius 2 is 0.787 bits per heavy atom. The van der Waals surface area contributed by atoms with E-state index in [4.69, 9.17) is 62.4 Å². The van der Waals surface area contributed by atoms with Gasteiger partial charge in [0.05, 0.1) is 88.0 Å². The van der Waals surface area contributed by atoms with E-state index in [0.717, 1.165) is 83.2 Å². The molecular formula is C89H119NO18. The van der Waals surface area contributed by atoms with Crippen LogP contribution in [0.4, 0.5) is 9.59 Å². The number of esters is 2. The molecule has 2 spiro atoms. The molecule has 19 heteroatoms. The summed E-state index contributed by atoms with van der Waals surface area (Å²) < 4.78 is 53.0. The van der Waals surface area contributed by atoms with Crippen molar-refractivity contribution < 1.29 is 86.3 Å². The van der Waals surface area contributed by atoms with Crippen LogP contribution in [0.5, 0.6) is 0 Å². The molecule has 7 aliphatic rings. The van der Waals surface area contributed by atoms with Crippen LogP contribution in [0.15, 0.2) is 182 Å². The fourth-order valence-electron chi connectivity index (χ4n) is 14.5. The Morgan fingerprint density at radius 3 is 1.09 bits per heavy atom. The van der Waals surface area contributed by atoms with Crippen LogP contribution in [-0.2, 0) is 93.0 Å². The molecule has 13 rings (SSSR count). The summed E-state index contributed by atoms with van der Waals surface area (Å²) in [6.45, 7) is 27.3. The van der Waals surface area contributed by atoms with Gasteiger partial charge in [-0.25, -0.2) is 9.59 Å². The maximum atomic E-state index is 12.0. The molecule has 5 saturated carbocycles. The van der Waals surface area contributed by atoms with Gasteiger partial charge in [-0.05, 0) is 192 Å². The summed E-state index contributed by atoms with van der Waals surface area (Å²) in [6, 6.07) is 63.1. The van der Waals surface area contributed by atoms with Crippen LogP contribution in [0.3, 0.4) is 0 Å². The second-order valence-electron chi connectivity index (χ2n) is 32.7. The van der Waals surface area contributed by atoms with Crippen molar-refractivity contribution in [2.45, 2.75) is 233 Å². The second-order valence-corrected chi connectivity index (χ2v) is 32.7. The minimum atomic E-state index is -1.06. The third-order valence-electron chi connectivity index (χ3n) is 20.1. The molecule has 0 unspecified atom stereocenters. The molecule has 5 aliphatic carbocycles. The van der Waals surface area contributed by atoms with Crippen molar-refractivity contribution in [2.75, 3.05) is 46.1 Å². The van der Waals surface area contributed by atoms with Crippen molar-refractivity contribution in [1.82, 2.24) is 4.90 Å². The number of ether oxygens (including phenoxy) is 10. The molecule has 0 radical (unpaired) electrons. The number of carbonyl (C=O) groups excluding carboxylic acids is 6. The predicted molar refractivity (Wildman–Crippen MR) is 411 cm³/mol. The highest BCUT2D eigenvalue weighted by Crippen LogP contribution is 2.60. The summed E-state index contributed by atoms with van der Waals surface area (Å²) in [6.07, 6.45) is 12.3. The van der Waals surface area contributed by atoms with Gasteiger partial charge in [0.2, 0.25) is 0 Å². The van der Waals surface area contributed by atoms with E-state index in [1.165, 1.54) is 66.6 Å². The van der Waals surface area contributed by atoms with Gasteiger partial charge in [0, 0.05) is 37.1 Å². The molecule has 2 heterocycles. The lowest BCUT2D eigenvalue weighted by atomic mass is 9.50. The first kappa shape index (κ1) is 87.3. The van der Waals surface area contributed by atoms with E-state index in [0.29, 0.717) is 55.5 Å².